The Balaban J connectivity index is 1.95. The summed E-state index contributed by atoms with van der Waals surface area (Å²) in [5.74, 6) is 0. The van der Waals surface area contributed by atoms with Gasteiger partial charge in [0.15, 0.2) is 0 Å². The van der Waals surface area contributed by atoms with Gasteiger partial charge in [-0.3, -0.25) is 0 Å². The van der Waals surface area contributed by atoms with E-state index in [2.05, 4.69) is 5.32 Å². The van der Waals surface area contributed by atoms with Gasteiger partial charge < -0.3 is 10.4 Å². The van der Waals surface area contributed by atoms with Crippen LogP contribution in [0, 0.1) is 0 Å². The van der Waals surface area contributed by atoms with Crippen LogP contribution in [0.4, 0.5) is 13.2 Å². The summed E-state index contributed by atoms with van der Waals surface area (Å²) in [4.78, 5) is 0. The Morgan fingerprint density at radius 1 is 1.06 bits per heavy atom. The lowest BCUT2D eigenvalue weighted by atomic mass is 9.93. The number of hydrogen-bond donors (Lipinski definition) is 2. The minimum atomic E-state index is -4.02. The van der Waals surface area contributed by atoms with Crippen molar-refractivity contribution in [2.24, 2.45) is 0 Å². The molecule has 2 nitrogen and oxygen atoms in total. The fourth-order valence-corrected chi connectivity index (χ4v) is 2.04. The first-order chi connectivity index (χ1) is 7.47. The number of unbranched alkanes of at least 4 members (excludes halogenated alkanes) is 1. The molecule has 0 aromatic rings. The van der Waals surface area contributed by atoms with Crippen LogP contribution in [0.1, 0.15) is 44.9 Å². The second kappa shape index (κ2) is 6.45. The van der Waals surface area contributed by atoms with E-state index in [4.69, 9.17) is 0 Å². The summed E-state index contributed by atoms with van der Waals surface area (Å²) < 4.78 is 35.5. The number of aliphatic hydroxyl groups is 1. The fourth-order valence-electron chi connectivity index (χ4n) is 2.04. The van der Waals surface area contributed by atoms with Crippen molar-refractivity contribution in [1.82, 2.24) is 5.32 Å². The number of aliphatic hydroxyl groups excluding tert-OH is 1. The van der Waals surface area contributed by atoms with Crippen molar-refractivity contribution in [3.8, 4) is 0 Å². The highest BCUT2D eigenvalue weighted by Gasteiger charge is 2.25. The van der Waals surface area contributed by atoms with Crippen molar-refractivity contribution in [2.45, 2.75) is 63.3 Å². The van der Waals surface area contributed by atoms with E-state index in [9.17, 15) is 18.3 Å². The highest BCUT2D eigenvalue weighted by molar-refractivity contribution is 4.76. The molecule has 0 aromatic carbocycles. The van der Waals surface area contributed by atoms with E-state index in [1.54, 1.807) is 0 Å². The molecule has 0 saturated heterocycles. The Morgan fingerprint density at radius 3 is 2.25 bits per heavy atom. The molecule has 0 radical (unpaired) electrons. The summed E-state index contributed by atoms with van der Waals surface area (Å²) in [6, 6.07) is 0.384. The molecule has 1 aliphatic carbocycles. The molecule has 1 rings (SSSR count). The molecule has 2 N–H and O–H groups in total. The topological polar surface area (TPSA) is 32.3 Å². The highest BCUT2D eigenvalue weighted by Crippen LogP contribution is 2.22. The second-order valence-electron chi connectivity index (χ2n) is 4.53. The van der Waals surface area contributed by atoms with Crippen LogP contribution in [0.2, 0.25) is 0 Å². The summed E-state index contributed by atoms with van der Waals surface area (Å²) in [5, 5.41) is 12.5. The smallest absolute Gasteiger partial charge is 0.389 e. The zero-order chi connectivity index (χ0) is 12.0. The maximum Gasteiger partial charge on any atom is 0.389 e. The molecule has 5 heteroatoms. The predicted molar refractivity (Wildman–Crippen MR) is 56.2 cm³/mol. The molecule has 0 amide bonds. The molecule has 0 bridgehead atoms. The minimum absolute atomic E-state index is 0.178. The van der Waals surface area contributed by atoms with Crippen LogP contribution in [-0.4, -0.2) is 30.0 Å². The molecule has 1 saturated carbocycles. The average molecular weight is 239 g/mol. The van der Waals surface area contributed by atoms with Gasteiger partial charge in [-0.25, -0.2) is 0 Å². The number of nitrogens with one attached hydrogen (secondary N) is 1. The van der Waals surface area contributed by atoms with E-state index < -0.39 is 12.6 Å². The van der Waals surface area contributed by atoms with Crippen LogP contribution in [0.3, 0.4) is 0 Å². The standard InChI is InChI=1S/C11H20F3NO/c12-11(13,14)7-1-2-8-15-9-3-5-10(16)6-4-9/h9-10,15-16H,1-8H2. The van der Waals surface area contributed by atoms with Crippen LogP contribution < -0.4 is 5.32 Å². The largest absolute Gasteiger partial charge is 0.393 e. The molecule has 1 fully saturated rings. The minimum Gasteiger partial charge on any atom is -0.393 e. The van der Waals surface area contributed by atoms with Crippen LogP contribution in [0.15, 0.2) is 0 Å². The lowest BCUT2D eigenvalue weighted by molar-refractivity contribution is -0.135. The Hall–Kier alpha value is -0.290. The van der Waals surface area contributed by atoms with Gasteiger partial charge in [-0.1, -0.05) is 0 Å². The van der Waals surface area contributed by atoms with Gasteiger partial charge in [-0.2, -0.15) is 13.2 Å². The van der Waals surface area contributed by atoms with E-state index in [1.807, 2.05) is 0 Å². The van der Waals surface area contributed by atoms with E-state index in [0.29, 0.717) is 19.0 Å². The predicted octanol–water partition coefficient (Wildman–Crippen LogP) is 2.61. The first-order valence-corrected chi connectivity index (χ1v) is 5.95. The van der Waals surface area contributed by atoms with Crippen LogP contribution in [0.5, 0.6) is 0 Å². The highest BCUT2D eigenvalue weighted by atomic mass is 19.4. The van der Waals surface area contributed by atoms with Crippen molar-refractivity contribution in [2.75, 3.05) is 6.54 Å². The lowest BCUT2D eigenvalue weighted by Crippen LogP contribution is -2.35. The Morgan fingerprint density at radius 2 is 1.69 bits per heavy atom. The number of rotatable bonds is 5. The van der Waals surface area contributed by atoms with Crippen molar-refractivity contribution in [1.29, 1.82) is 0 Å². The molecule has 0 spiro atoms. The maximum absolute atomic E-state index is 11.8. The molecule has 16 heavy (non-hydrogen) atoms. The Kier molecular flexibility index (Phi) is 5.55. The van der Waals surface area contributed by atoms with Gasteiger partial charge in [0, 0.05) is 12.5 Å². The zero-order valence-corrected chi connectivity index (χ0v) is 9.39. The number of alkyl halides is 3. The Labute approximate surface area is 94.2 Å². The average Bonchev–Trinajstić information content (AvgIpc) is 2.19. The SMILES string of the molecule is OC1CCC(NCCCCC(F)(F)F)CC1. The zero-order valence-electron chi connectivity index (χ0n) is 9.39. The monoisotopic (exact) mass is 239 g/mol. The third-order valence-electron chi connectivity index (χ3n) is 3.02. The van der Waals surface area contributed by atoms with Crippen molar-refractivity contribution in [3.05, 3.63) is 0 Å². The molecule has 0 unspecified atom stereocenters. The van der Waals surface area contributed by atoms with Gasteiger partial charge >= 0.3 is 6.18 Å². The van der Waals surface area contributed by atoms with Crippen LogP contribution in [-0.2, 0) is 0 Å². The molecule has 0 atom stereocenters. The van der Waals surface area contributed by atoms with Gasteiger partial charge in [0.2, 0.25) is 0 Å². The van der Waals surface area contributed by atoms with Crippen molar-refractivity contribution in [3.63, 3.8) is 0 Å². The molecular formula is C11H20F3NO. The summed E-state index contributed by atoms with van der Waals surface area (Å²) in [6.45, 7) is 0.650. The Bertz CT molecular complexity index is 188. The van der Waals surface area contributed by atoms with Gasteiger partial charge in [-0.15, -0.1) is 0 Å². The summed E-state index contributed by atoms with van der Waals surface area (Å²) in [7, 11) is 0. The van der Waals surface area contributed by atoms with Crippen LogP contribution >= 0.6 is 0 Å². The number of halogens is 3. The molecular weight excluding hydrogens is 219 g/mol. The normalized spacial score (nSPS) is 27.0. The summed E-state index contributed by atoms with van der Waals surface area (Å²) in [6.07, 6.45) is -0.637. The number of hydrogen-bond acceptors (Lipinski definition) is 2. The molecule has 0 heterocycles. The summed E-state index contributed by atoms with van der Waals surface area (Å²) >= 11 is 0. The van der Waals surface area contributed by atoms with E-state index in [-0.39, 0.29) is 12.5 Å². The van der Waals surface area contributed by atoms with Crippen molar-refractivity contribution < 1.29 is 18.3 Å². The van der Waals surface area contributed by atoms with Crippen LogP contribution in [0.25, 0.3) is 0 Å². The van der Waals surface area contributed by atoms with E-state index in [1.165, 1.54) is 0 Å². The quantitative estimate of drug-likeness (QED) is 0.723. The van der Waals surface area contributed by atoms with Gasteiger partial charge in [0.05, 0.1) is 6.10 Å². The molecule has 0 aromatic heterocycles. The van der Waals surface area contributed by atoms with Gasteiger partial charge in [0.25, 0.3) is 0 Å². The molecule has 96 valence electrons. The van der Waals surface area contributed by atoms with Gasteiger partial charge in [-0.05, 0) is 45.1 Å². The summed E-state index contributed by atoms with van der Waals surface area (Å²) in [5.41, 5.74) is 0. The third-order valence-corrected chi connectivity index (χ3v) is 3.02. The second-order valence-corrected chi connectivity index (χ2v) is 4.53. The molecule has 1 aliphatic rings. The van der Waals surface area contributed by atoms with E-state index in [0.717, 1.165) is 25.7 Å². The first kappa shape index (κ1) is 13.8. The maximum atomic E-state index is 11.8. The fraction of sp³-hybridized carbons (Fsp3) is 1.00. The van der Waals surface area contributed by atoms with Crippen molar-refractivity contribution >= 4 is 0 Å². The first-order valence-electron chi connectivity index (χ1n) is 5.95. The lowest BCUT2D eigenvalue weighted by Gasteiger charge is -2.26. The molecule has 0 aliphatic heterocycles. The van der Waals surface area contributed by atoms with Gasteiger partial charge in [0.1, 0.15) is 0 Å². The van der Waals surface area contributed by atoms with E-state index >= 15 is 0 Å². The third kappa shape index (κ3) is 6.33.